The van der Waals surface area contributed by atoms with Crippen molar-refractivity contribution in [3.05, 3.63) is 42.2 Å². The maximum absolute atomic E-state index is 15.0. The highest BCUT2D eigenvalue weighted by Gasteiger charge is 2.38. The van der Waals surface area contributed by atoms with Crippen LogP contribution >= 0.6 is 0 Å². The molecular formula is C16H18FN3O4S. The summed E-state index contributed by atoms with van der Waals surface area (Å²) in [5.74, 6) is -2.20. The summed E-state index contributed by atoms with van der Waals surface area (Å²) in [7, 11) is -4.21. The molecule has 1 aromatic carbocycles. The minimum atomic E-state index is -4.21. The molecule has 0 aromatic heterocycles. The molecule has 0 bridgehead atoms. The van der Waals surface area contributed by atoms with Gasteiger partial charge in [-0.05, 0) is 30.5 Å². The quantitative estimate of drug-likeness (QED) is 0.676. The van der Waals surface area contributed by atoms with E-state index in [1.165, 1.54) is 12.1 Å². The topological polar surface area (TPSA) is 98.7 Å². The highest BCUT2D eigenvalue weighted by atomic mass is 32.2. The summed E-state index contributed by atoms with van der Waals surface area (Å²) < 4.78 is 41.2. The standard InChI is InChI=1S/C16H18FN3O4S/c1-2-3-4-11-7-10(8-18-11)12-5-6-13(21)16(15(12)17)20-9-14(22)19-25(20,23)24/h2,5-7,11,18,21H,1,3-4,8-9H2,(H,19,22). The fraction of sp³-hybridized carbons (Fsp3) is 0.312. The molecule has 0 saturated carbocycles. The lowest BCUT2D eigenvalue weighted by Gasteiger charge is -2.18. The van der Waals surface area contributed by atoms with Crippen LogP contribution in [0.4, 0.5) is 10.1 Å². The van der Waals surface area contributed by atoms with E-state index < -0.39 is 39.9 Å². The molecule has 3 rings (SSSR count). The first-order valence-electron chi connectivity index (χ1n) is 7.73. The number of rotatable bonds is 5. The van der Waals surface area contributed by atoms with Crippen molar-refractivity contribution in [3.8, 4) is 5.75 Å². The predicted molar refractivity (Wildman–Crippen MR) is 91.7 cm³/mol. The van der Waals surface area contributed by atoms with Gasteiger partial charge in [-0.25, -0.2) is 13.4 Å². The van der Waals surface area contributed by atoms with E-state index in [1.54, 1.807) is 10.8 Å². The SMILES string of the molecule is C=CCCC1C=C(c2ccc(O)c(N3CC(=O)NS3(=O)=O)c2F)CN1. The zero-order valence-electron chi connectivity index (χ0n) is 13.3. The molecule has 0 spiro atoms. The van der Waals surface area contributed by atoms with E-state index in [0.29, 0.717) is 16.4 Å². The van der Waals surface area contributed by atoms with Crippen LogP contribution in [0.25, 0.3) is 5.57 Å². The summed E-state index contributed by atoms with van der Waals surface area (Å²) >= 11 is 0. The van der Waals surface area contributed by atoms with Gasteiger partial charge in [-0.3, -0.25) is 4.79 Å². The Labute approximate surface area is 145 Å². The van der Waals surface area contributed by atoms with Crippen molar-refractivity contribution in [2.24, 2.45) is 0 Å². The van der Waals surface area contributed by atoms with Crippen LogP contribution in [0.15, 0.2) is 30.9 Å². The largest absolute Gasteiger partial charge is 0.506 e. The van der Waals surface area contributed by atoms with Crippen molar-refractivity contribution >= 4 is 27.4 Å². The number of hydrogen-bond donors (Lipinski definition) is 3. The zero-order valence-corrected chi connectivity index (χ0v) is 14.1. The highest BCUT2D eigenvalue weighted by Crippen LogP contribution is 2.37. The molecule has 0 aliphatic carbocycles. The molecule has 25 heavy (non-hydrogen) atoms. The van der Waals surface area contributed by atoms with E-state index in [4.69, 9.17) is 0 Å². The molecule has 2 heterocycles. The summed E-state index contributed by atoms with van der Waals surface area (Å²) in [6, 6.07) is 2.70. The van der Waals surface area contributed by atoms with Gasteiger partial charge in [0.15, 0.2) is 5.82 Å². The number of phenolic OH excluding ortho intramolecular Hbond substituents is 1. The number of nitrogens with one attached hydrogen (secondary N) is 2. The number of halogens is 1. The molecule has 1 saturated heterocycles. The van der Waals surface area contributed by atoms with Crippen LogP contribution in [0.2, 0.25) is 0 Å². The number of aromatic hydroxyl groups is 1. The van der Waals surface area contributed by atoms with E-state index in [1.807, 2.05) is 6.08 Å². The molecule has 2 aliphatic rings. The van der Waals surface area contributed by atoms with E-state index in [-0.39, 0.29) is 11.6 Å². The van der Waals surface area contributed by atoms with Gasteiger partial charge in [0.05, 0.1) is 0 Å². The molecule has 1 amide bonds. The number of phenols is 1. The molecule has 1 unspecified atom stereocenters. The second kappa shape index (κ2) is 6.49. The van der Waals surface area contributed by atoms with E-state index in [0.717, 1.165) is 12.8 Å². The van der Waals surface area contributed by atoms with Gasteiger partial charge in [0, 0.05) is 18.2 Å². The Kier molecular flexibility index (Phi) is 4.53. The predicted octanol–water partition coefficient (Wildman–Crippen LogP) is 1.03. The van der Waals surface area contributed by atoms with Crippen LogP contribution < -0.4 is 14.3 Å². The van der Waals surface area contributed by atoms with Crippen molar-refractivity contribution in [2.75, 3.05) is 17.4 Å². The lowest BCUT2D eigenvalue weighted by atomic mass is 10.0. The Morgan fingerprint density at radius 3 is 2.84 bits per heavy atom. The number of hydrogen-bond acceptors (Lipinski definition) is 5. The van der Waals surface area contributed by atoms with Crippen molar-refractivity contribution in [1.29, 1.82) is 0 Å². The molecule has 2 aliphatic heterocycles. The van der Waals surface area contributed by atoms with Gasteiger partial charge < -0.3 is 10.4 Å². The number of anilines is 1. The van der Waals surface area contributed by atoms with Crippen molar-refractivity contribution in [1.82, 2.24) is 10.0 Å². The normalized spacial score (nSPS) is 22.0. The minimum absolute atomic E-state index is 0.0726. The Morgan fingerprint density at radius 2 is 2.20 bits per heavy atom. The van der Waals surface area contributed by atoms with E-state index in [2.05, 4.69) is 11.9 Å². The van der Waals surface area contributed by atoms with Crippen LogP contribution in [0.5, 0.6) is 5.75 Å². The number of amides is 1. The molecule has 1 fully saturated rings. The third kappa shape index (κ3) is 3.24. The third-order valence-electron chi connectivity index (χ3n) is 4.15. The van der Waals surface area contributed by atoms with Crippen molar-refractivity contribution in [3.63, 3.8) is 0 Å². The average Bonchev–Trinajstić information content (AvgIpc) is 3.09. The summed E-state index contributed by atoms with van der Waals surface area (Å²) in [4.78, 5) is 11.4. The molecule has 1 aromatic rings. The van der Waals surface area contributed by atoms with Crippen LogP contribution in [0.3, 0.4) is 0 Å². The first-order chi connectivity index (χ1) is 11.8. The lowest BCUT2D eigenvalue weighted by Crippen LogP contribution is -2.30. The fourth-order valence-corrected chi connectivity index (χ4v) is 4.12. The van der Waals surface area contributed by atoms with Gasteiger partial charge in [0.2, 0.25) is 0 Å². The summed E-state index contributed by atoms with van der Waals surface area (Å²) in [6.45, 7) is 3.52. The number of allylic oxidation sites excluding steroid dienone is 1. The first-order valence-corrected chi connectivity index (χ1v) is 9.17. The Bertz CT molecular complexity index is 866. The van der Waals surface area contributed by atoms with Crippen LogP contribution in [0, 0.1) is 5.82 Å². The summed E-state index contributed by atoms with van der Waals surface area (Å²) in [5, 5.41) is 13.2. The number of carbonyl (C=O) groups excluding carboxylic acids is 1. The molecule has 134 valence electrons. The second-order valence-corrected chi connectivity index (χ2v) is 7.47. The average molecular weight is 367 g/mol. The van der Waals surface area contributed by atoms with Crippen LogP contribution in [-0.4, -0.2) is 38.6 Å². The number of nitrogens with zero attached hydrogens (tertiary/aromatic N) is 1. The molecule has 9 heteroatoms. The third-order valence-corrected chi connectivity index (χ3v) is 5.53. The van der Waals surface area contributed by atoms with Gasteiger partial charge in [-0.15, -0.1) is 6.58 Å². The second-order valence-electron chi connectivity index (χ2n) is 5.88. The molecule has 1 atom stereocenters. The highest BCUT2D eigenvalue weighted by molar-refractivity contribution is 7.92. The van der Waals surface area contributed by atoms with Gasteiger partial charge in [-0.2, -0.15) is 8.42 Å². The monoisotopic (exact) mass is 367 g/mol. The summed E-state index contributed by atoms with van der Waals surface area (Å²) in [6.07, 6.45) is 5.31. The minimum Gasteiger partial charge on any atom is -0.506 e. The van der Waals surface area contributed by atoms with Gasteiger partial charge >= 0.3 is 10.2 Å². The van der Waals surface area contributed by atoms with Crippen molar-refractivity contribution in [2.45, 2.75) is 18.9 Å². The molecule has 7 nitrogen and oxygen atoms in total. The van der Waals surface area contributed by atoms with E-state index >= 15 is 0 Å². The lowest BCUT2D eigenvalue weighted by molar-refractivity contribution is -0.117. The molecule has 3 N–H and O–H groups in total. The smallest absolute Gasteiger partial charge is 0.326 e. The maximum atomic E-state index is 15.0. The first kappa shape index (κ1) is 17.4. The van der Waals surface area contributed by atoms with Gasteiger partial charge in [0.25, 0.3) is 5.91 Å². The van der Waals surface area contributed by atoms with E-state index in [9.17, 15) is 22.7 Å². The van der Waals surface area contributed by atoms with Crippen LogP contribution in [0.1, 0.15) is 18.4 Å². The Hall–Kier alpha value is -2.39. The number of benzene rings is 1. The maximum Gasteiger partial charge on any atom is 0.326 e. The Morgan fingerprint density at radius 1 is 1.44 bits per heavy atom. The van der Waals surface area contributed by atoms with Gasteiger partial charge in [-0.1, -0.05) is 12.2 Å². The fourth-order valence-electron chi connectivity index (χ4n) is 2.96. The van der Waals surface area contributed by atoms with Gasteiger partial charge in [0.1, 0.15) is 18.0 Å². The molecule has 0 radical (unpaired) electrons. The summed E-state index contributed by atoms with van der Waals surface area (Å²) in [5.41, 5.74) is 0.339. The molecular weight excluding hydrogens is 349 g/mol. The number of carbonyl (C=O) groups is 1. The zero-order chi connectivity index (χ0) is 18.2. The van der Waals surface area contributed by atoms with Crippen molar-refractivity contribution < 1.29 is 22.7 Å². The Balaban J connectivity index is 1.99. The van der Waals surface area contributed by atoms with Crippen LogP contribution in [-0.2, 0) is 15.0 Å².